The number of rotatable bonds is 4. The van der Waals surface area contributed by atoms with E-state index in [-0.39, 0.29) is 0 Å². The van der Waals surface area contributed by atoms with E-state index in [2.05, 4.69) is 18.2 Å². The van der Waals surface area contributed by atoms with E-state index in [1.807, 2.05) is 6.92 Å². The number of hydrogen-bond donors (Lipinski definition) is 0. The van der Waals surface area contributed by atoms with Crippen LogP contribution in [0, 0.1) is 0 Å². The highest BCUT2D eigenvalue weighted by Gasteiger charge is 1.98. The summed E-state index contributed by atoms with van der Waals surface area (Å²) in [5, 5.41) is 0. The van der Waals surface area contributed by atoms with Gasteiger partial charge in [0.25, 0.3) is 0 Å². The standard InChI is InChI=1S/C11H18O/c1-2-12-10-6-9-11-7-4-3-5-8-11/h6-7,9H,2-5,8,10H2,1H3/b9-6-. The van der Waals surface area contributed by atoms with Crippen LogP contribution in [0.2, 0.25) is 0 Å². The van der Waals surface area contributed by atoms with Gasteiger partial charge in [0.1, 0.15) is 0 Å². The first kappa shape index (κ1) is 9.53. The predicted octanol–water partition coefficient (Wildman–Crippen LogP) is 3.08. The van der Waals surface area contributed by atoms with Crippen molar-refractivity contribution in [2.75, 3.05) is 13.2 Å². The summed E-state index contributed by atoms with van der Waals surface area (Å²) in [6.45, 7) is 3.59. The molecule has 0 spiro atoms. The molecule has 12 heavy (non-hydrogen) atoms. The first-order valence-electron chi connectivity index (χ1n) is 4.87. The maximum Gasteiger partial charge on any atom is 0.0650 e. The van der Waals surface area contributed by atoms with E-state index in [0.717, 1.165) is 13.2 Å². The maximum atomic E-state index is 5.21. The van der Waals surface area contributed by atoms with E-state index in [1.165, 1.54) is 31.3 Å². The fourth-order valence-corrected chi connectivity index (χ4v) is 1.40. The minimum absolute atomic E-state index is 0.758. The molecule has 0 aromatic rings. The molecular formula is C11H18O. The van der Waals surface area contributed by atoms with Crippen LogP contribution in [0.25, 0.3) is 0 Å². The minimum Gasteiger partial charge on any atom is -0.378 e. The molecule has 0 saturated carbocycles. The van der Waals surface area contributed by atoms with Crippen LogP contribution < -0.4 is 0 Å². The van der Waals surface area contributed by atoms with Gasteiger partial charge < -0.3 is 4.74 Å². The molecule has 1 aliphatic carbocycles. The van der Waals surface area contributed by atoms with E-state index in [9.17, 15) is 0 Å². The third-order valence-electron chi connectivity index (χ3n) is 2.08. The second-order valence-electron chi connectivity index (χ2n) is 3.09. The Hall–Kier alpha value is -0.560. The van der Waals surface area contributed by atoms with Crippen molar-refractivity contribution in [3.63, 3.8) is 0 Å². The average Bonchev–Trinajstić information content (AvgIpc) is 2.14. The molecule has 0 radical (unpaired) electrons. The Morgan fingerprint density at radius 2 is 2.42 bits per heavy atom. The second kappa shape index (κ2) is 6.01. The molecule has 0 bridgehead atoms. The topological polar surface area (TPSA) is 9.23 Å². The second-order valence-corrected chi connectivity index (χ2v) is 3.09. The molecule has 1 aliphatic rings. The molecule has 0 saturated heterocycles. The lowest BCUT2D eigenvalue weighted by Crippen LogP contribution is -1.91. The van der Waals surface area contributed by atoms with E-state index in [4.69, 9.17) is 4.74 Å². The minimum atomic E-state index is 0.758. The van der Waals surface area contributed by atoms with Crippen molar-refractivity contribution in [1.82, 2.24) is 0 Å². The fourth-order valence-electron chi connectivity index (χ4n) is 1.40. The quantitative estimate of drug-likeness (QED) is 0.583. The van der Waals surface area contributed by atoms with Crippen LogP contribution in [-0.4, -0.2) is 13.2 Å². The van der Waals surface area contributed by atoms with E-state index >= 15 is 0 Å². The van der Waals surface area contributed by atoms with E-state index < -0.39 is 0 Å². The molecular weight excluding hydrogens is 148 g/mol. The number of allylic oxidation sites excluding steroid dienone is 3. The molecule has 0 fully saturated rings. The molecule has 0 aliphatic heterocycles. The average molecular weight is 166 g/mol. The normalized spacial score (nSPS) is 18.2. The molecule has 1 heteroatoms. The zero-order valence-corrected chi connectivity index (χ0v) is 7.88. The zero-order chi connectivity index (χ0) is 8.65. The molecule has 0 N–H and O–H groups in total. The van der Waals surface area contributed by atoms with Crippen molar-refractivity contribution < 1.29 is 4.74 Å². The van der Waals surface area contributed by atoms with Gasteiger partial charge in [-0.1, -0.05) is 23.8 Å². The molecule has 1 rings (SSSR count). The van der Waals surface area contributed by atoms with Crippen molar-refractivity contribution in [2.45, 2.75) is 32.6 Å². The Bertz CT molecular complexity index is 168. The van der Waals surface area contributed by atoms with Crippen molar-refractivity contribution in [2.24, 2.45) is 0 Å². The van der Waals surface area contributed by atoms with Crippen LogP contribution in [0.1, 0.15) is 32.6 Å². The van der Waals surface area contributed by atoms with Crippen LogP contribution in [0.4, 0.5) is 0 Å². The monoisotopic (exact) mass is 166 g/mol. The highest BCUT2D eigenvalue weighted by atomic mass is 16.5. The van der Waals surface area contributed by atoms with Crippen molar-refractivity contribution >= 4 is 0 Å². The van der Waals surface area contributed by atoms with E-state index in [0.29, 0.717) is 0 Å². The molecule has 0 heterocycles. The lowest BCUT2D eigenvalue weighted by atomic mass is 9.99. The van der Waals surface area contributed by atoms with Gasteiger partial charge in [-0.05, 0) is 32.6 Å². The Labute approximate surface area is 75.1 Å². The van der Waals surface area contributed by atoms with Crippen molar-refractivity contribution in [3.8, 4) is 0 Å². The summed E-state index contributed by atoms with van der Waals surface area (Å²) in [6.07, 6.45) is 11.9. The first-order chi connectivity index (χ1) is 5.93. The Morgan fingerprint density at radius 1 is 1.50 bits per heavy atom. The third-order valence-corrected chi connectivity index (χ3v) is 2.08. The summed E-state index contributed by atoms with van der Waals surface area (Å²) < 4.78 is 5.21. The van der Waals surface area contributed by atoms with Gasteiger partial charge in [0.05, 0.1) is 6.61 Å². The Morgan fingerprint density at radius 3 is 3.08 bits per heavy atom. The van der Waals surface area contributed by atoms with Gasteiger partial charge in [0.15, 0.2) is 0 Å². The lowest BCUT2D eigenvalue weighted by Gasteiger charge is -2.07. The number of ether oxygens (including phenoxy) is 1. The molecule has 0 atom stereocenters. The van der Waals surface area contributed by atoms with Crippen molar-refractivity contribution in [3.05, 3.63) is 23.8 Å². The molecule has 0 amide bonds. The fraction of sp³-hybridized carbons (Fsp3) is 0.636. The number of hydrogen-bond acceptors (Lipinski definition) is 1. The van der Waals surface area contributed by atoms with Gasteiger partial charge in [0, 0.05) is 6.61 Å². The largest absolute Gasteiger partial charge is 0.378 e. The van der Waals surface area contributed by atoms with Gasteiger partial charge in [0.2, 0.25) is 0 Å². The van der Waals surface area contributed by atoms with Gasteiger partial charge >= 0.3 is 0 Å². The molecule has 0 aromatic heterocycles. The van der Waals surface area contributed by atoms with Crippen LogP contribution in [-0.2, 0) is 4.74 Å². The predicted molar refractivity (Wildman–Crippen MR) is 52.2 cm³/mol. The third kappa shape index (κ3) is 3.72. The summed E-state index contributed by atoms with van der Waals surface area (Å²) in [5.41, 5.74) is 1.49. The van der Waals surface area contributed by atoms with E-state index in [1.54, 1.807) is 0 Å². The van der Waals surface area contributed by atoms with Crippen molar-refractivity contribution in [1.29, 1.82) is 0 Å². The molecule has 0 unspecified atom stereocenters. The smallest absolute Gasteiger partial charge is 0.0650 e. The van der Waals surface area contributed by atoms with Crippen LogP contribution >= 0.6 is 0 Å². The van der Waals surface area contributed by atoms with Crippen LogP contribution in [0.15, 0.2) is 23.8 Å². The SMILES string of the molecule is CCOC/C=C\C1=CCCCC1. The summed E-state index contributed by atoms with van der Waals surface area (Å²) in [7, 11) is 0. The maximum absolute atomic E-state index is 5.21. The summed E-state index contributed by atoms with van der Waals surface area (Å²) >= 11 is 0. The summed E-state index contributed by atoms with van der Waals surface area (Å²) in [6, 6.07) is 0. The Kier molecular flexibility index (Phi) is 4.77. The van der Waals surface area contributed by atoms with Crippen LogP contribution in [0.3, 0.4) is 0 Å². The molecule has 68 valence electrons. The molecule has 0 aromatic carbocycles. The van der Waals surface area contributed by atoms with Gasteiger partial charge in [-0.25, -0.2) is 0 Å². The first-order valence-corrected chi connectivity index (χ1v) is 4.87. The molecule has 1 nitrogen and oxygen atoms in total. The highest BCUT2D eigenvalue weighted by Crippen LogP contribution is 2.17. The van der Waals surface area contributed by atoms with Crippen LogP contribution in [0.5, 0.6) is 0 Å². The Balaban J connectivity index is 2.19. The highest BCUT2D eigenvalue weighted by molar-refractivity contribution is 5.20. The summed E-state index contributed by atoms with van der Waals surface area (Å²) in [4.78, 5) is 0. The van der Waals surface area contributed by atoms with Gasteiger partial charge in [-0.2, -0.15) is 0 Å². The summed E-state index contributed by atoms with van der Waals surface area (Å²) in [5.74, 6) is 0. The van der Waals surface area contributed by atoms with Gasteiger partial charge in [-0.15, -0.1) is 0 Å². The van der Waals surface area contributed by atoms with Gasteiger partial charge in [-0.3, -0.25) is 0 Å². The zero-order valence-electron chi connectivity index (χ0n) is 7.88. The lowest BCUT2D eigenvalue weighted by molar-refractivity contribution is 0.177.